The number of benzene rings is 1. The normalized spacial score (nSPS) is 19.9. The first kappa shape index (κ1) is 15.8. The maximum absolute atomic E-state index is 12.9. The number of nitrogens with two attached hydrogens (primary N) is 1. The predicted molar refractivity (Wildman–Crippen MR) is 79.7 cm³/mol. The van der Waals surface area contributed by atoms with Crippen molar-refractivity contribution in [1.82, 2.24) is 4.31 Å². The minimum atomic E-state index is -3.53. The minimum Gasteiger partial charge on any atom is -0.329 e. The fourth-order valence-corrected chi connectivity index (χ4v) is 4.58. The summed E-state index contributed by atoms with van der Waals surface area (Å²) < 4.78 is 39.2. The van der Waals surface area contributed by atoms with E-state index in [1.165, 1.54) is 28.6 Å². The first-order chi connectivity index (χ1) is 9.43. The highest BCUT2D eigenvalue weighted by Gasteiger charge is 2.37. The van der Waals surface area contributed by atoms with Gasteiger partial charge in [0.1, 0.15) is 5.82 Å². The molecule has 1 aliphatic rings. The van der Waals surface area contributed by atoms with E-state index in [2.05, 4.69) is 0 Å². The van der Waals surface area contributed by atoms with Crippen molar-refractivity contribution in [3.05, 3.63) is 30.1 Å². The maximum atomic E-state index is 12.9. The van der Waals surface area contributed by atoms with Crippen LogP contribution >= 0.6 is 11.8 Å². The smallest absolute Gasteiger partial charge is 0.243 e. The molecule has 4 nitrogen and oxygen atoms in total. The third-order valence-corrected chi connectivity index (χ3v) is 7.24. The number of thioether (sulfide) groups is 1. The van der Waals surface area contributed by atoms with Gasteiger partial charge < -0.3 is 5.73 Å². The van der Waals surface area contributed by atoms with E-state index in [-0.39, 0.29) is 9.64 Å². The lowest BCUT2D eigenvalue weighted by Gasteiger charge is -2.39. The highest BCUT2D eigenvalue weighted by atomic mass is 32.2. The summed E-state index contributed by atoms with van der Waals surface area (Å²) in [5.74, 6) is -0.438. The molecule has 1 aliphatic heterocycles. The fourth-order valence-electron chi connectivity index (χ4n) is 2.38. The molecule has 0 atom stereocenters. The summed E-state index contributed by atoms with van der Waals surface area (Å²) in [6, 6.07) is 4.96. The molecule has 0 amide bonds. The molecule has 20 heavy (non-hydrogen) atoms. The van der Waals surface area contributed by atoms with Crippen molar-refractivity contribution < 1.29 is 12.8 Å². The second-order valence-corrected chi connectivity index (χ2v) is 8.16. The standard InChI is InChI=1S/C13H19FN2O2S2/c1-19-13(10-15)6-8-16(9-7-13)20(17,18)12-4-2-11(14)3-5-12/h2-5H,6-10,15H2,1H3. The molecular formula is C13H19FN2O2S2. The maximum Gasteiger partial charge on any atom is 0.243 e. The van der Waals surface area contributed by atoms with E-state index in [1.54, 1.807) is 11.8 Å². The van der Waals surface area contributed by atoms with Gasteiger partial charge in [-0.1, -0.05) is 0 Å². The third kappa shape index (κ3) is 3.00. The van der Waals surface area contributed by atoms with Crippen LogP contribution in [0.4, 0.5) is 4.39 Å². The Kier molecular flexibility index (Phi) is 4.73. The lowest BCUT2D eigenvalue weighted by Crippen LogP contribution is -2.48. The van der Waals surface area contributed by atoms with Gasteiger partial charge in [-0.15, -0.1) is 0 Å². The van der Waals surface area contributed by atoms with E-state index in [0.29, 0.717) is 19.6 Å². The van der Waals surface area contributed by atoms with E-state index in [4.69, 9.17) is 5.73 Å². The zero-order valence-corrected chi connectivity index (χ0v) is 13.0. The van der Waals surface area contributed by atoms with E-state index in [0.717, 1.165) is 12.8 Å². The molecule has 0 unspecified atom stereocenters. The molecule has 0 spiro atoms. The minimum absolute atomic E-state index is 0.0190. The Labute approximate surface area is 123 Å². The van der Waals surface area contributed by atoms with Gasteiger partial charge in [-0.25, -0.2) is 12.8 Å². The number of nitrogens with zero attached hydrogens (tertiary/aromatic N) is 1. The highest BCUT2D eigenvalue weighted by Crippen LogP contribution is 2.35. The quantitative estimate of drug-likeness (QED) is 0.917. The first-order valence-corrected chi connectivity index (χ1v) is 9.11. The van der Waals surface area contributed by atoms with Crippen LogP contribution in [0.2, 0.25) is 0 Å². The average molecular weight is 318 g/mol. The summed E-state index contributed by atoms with van der Waals surface area (Å²) in [6.07, 6.45) is 3.49. The van der Waals surface area contributed by atoms with Gasteiger partial charge in [0.25, 0.3) is 0 Å². The number of hydrogen-bond acceptors (Lipinski definition) is 4. The number of hydrogen-bond donors (Lipinski definition) is 1. The molecule has 0 aliphatic carbocycles. The zero-order valence-electron chi connectivity index (χ0n) is 11.4. The second-order valence-electron chi connectivity index (χ2n) is 4.95. The number of sulfonamides is 1. The van der Waals surface area contributed by atoms with Gasteiger partial charge in [-0.2, -0.15) is 16.1 Å². The lowest BCUT2D eigenvalue weighted by atomic mass is 9.97. The monoisotopic (exact) mass is 318 g/mol. The van der Waals surface area contributed by atoms with E-state index >= 15 is 0 Å². The number of rotatable bonds is 4. The summed E-state index contributed by atoms with van der Waals surface area (Å²) in [6.45, 7) is 1.47. The van der Waals surface area contributed by atoms with Crippen LogP contribution < -0.4 is 5.73 Å². The van der Waals surface area contributed by atoms with Crippen molar-refractivity contribution >= 4 is 21.8 Å². The van der Waals surface area contributed by atoms with Gasteiger partial charge in [-0.05, 0) is 43.4 Å². The molecule has 1 saturated heterocycles. The van der Waals surface area contributed by atoms with Crippen LogP contribution in [0.25, 0.3) is 0 Å². The van der Waals surface area contributed by atoms with Gasteiger partial charge in [0, 0.05) is 24.4 Å². The van der Waals surface area contributed by atoms with Crippen molar-refractivity contribution in [2.45, 2.75) is 22.5 Å². The Balaban J connectivity index is 2.15. The molecule has 7 heteroatoms. The van der Waals surface area contributed by atoms with Crippen LogP contribution in [0, 0.1) is 5.82 Å². The summed E-state index contributed by atoms with van der Waals surface area (Å²) in [4.78, 5) is 0.142. The van der Waals surface area contributed by atoms with Gasteiger partial charge >= 0.3 is 0 Å². The zero-order chi connectivity index (χ0) is 14.8. The third-order valence-electron chi connectivity index (χ3n) is 3.89. The van der Waals surface area contributed by atoms with Crippen molar-refractivity contribution in [3.8, 4) is 0 Å². The molecular weight excluding hydrogens is 299 g/mol. The van der Waals surface area contributed by atoms with Crippen LogP contribution in [-0.4, -0.2) is 43.4 Å². The van der Waals surface area contributed by atoms with Crippen LogP contribution in [0.5, 0.6) is 0 Å². The fraction of sp³-hybridized carbons (Fsp3) is 0.538. The van der Waals surface area contributed by atoms with Crippen LogP contribution in [0.1, 0.15) is 12.8 Å². The topological polar surface area (TPSA) is 63.4 Å². The molecule has 0 radical (unpaired) electrons. The number of halogens is 1. The summed E-state index contributed by atoms with van der Waals surface area (Å²) in [5.41, 5.74) is 5.80. The molecule has 112 valence electrons. The van der Waals surface area contributed by atoms with E-state index in [9.17, 15) is 12.8 Å². The van der Waals surface area contributed by atoms with E-state index in [1.807, 2.05) is 6.26 Å². The Bertz CT molecular complexity index is 546. The second kappa shape index (κ2) is 6.01. The SMILES string of the molecule is CSC1(CN)CCN(S(=O)(=O)c2ccc(F)cc2)CC1. The molecule has 0 aromatic heterocycles. The van der Waals surface area contributed by atoms with Gasteiger partial charge in [0.2, 0.25) is 10.0 Å². The summed E-state index contributed by atoms with van der Waals surface area (Å²) in [7, 11) is -3.53. The molecule has 1 aromatic rings. The highest BCUT2D eigenvalue weighted by molar-refractivity contribution is 8.00. The molecule has 1 heterocycles. The van der Waals surface area contributed by atoms with Crippen LogP contribution in [0.3, 0.4) is 0 Å². The van der Waals surface area contributed by atoms with E-state index < -0.39 is 15.8 Å². The first-order valence-electron chi connectivity index (χ1n) is 6.44. The Morgan fingerprint density at radius 1 is 1.30 bits per heavy atom. The van der Waals surface area contributed by atoms with Crippen molar-refractivity contribution in [2.75, 3.05) is 25.9 Å². The van der Waals surface area contributed by atoms with Crippen molar-refractivity contribution in [3.63, 3.8) is 0 Å². The molecule has 2 rings (SSSR count). The Morgan fingerprint density at radius 2 is 1.85 bits per heavy atom. The van der Waals surface area contributed by atoms with Gasteiger partial charge in [-0.3, -0.25) is 0 Å². The summed E-state index contributed by atoms with van der Waals surface area (Å²) >= 11 is 1.71. The van der Waals surface area contributed by atoms with Gasteiger partial charge in [0.05, 0.1) is 4.90 Å². The number of piperidine rings is 1. The molecule has 0 bridgehead atoms. The largest absolute Gasteiger partial charge is 0.329 e. The van der Waals surface area contributed by atoms with Crippen molar-refractivity contribution in [1.29, 1.82) is 0 Å². The Morgan fingerprint density at radius 3 is 2.30 bits per heavy atom. The van der Waals surface area contributed by atoms with Crippen molar-refractivity contribution in [2.24, 2.45) is 5.73 Å². The van der Waals surface area contributed by atoms with Crippen LogP contribution in [0.15, 0.2) is 29.2 Å². The Hall–Kier alpha value is -0.630. The van der Waals surface area contributed by atoms with Gasteiger partial charge in [0.15, 0.2) is 0 Å². The summed E-state index contributed by atoms with van der Waals surface area (Å²) in [5, 5.41) is 0. The predicted octanol–water partition coefficient (Wildman–Crippen LogP) is 1.67. The molecule has 2 N–H and O–H groups in total. The average Bonchev–Trinajstić information content (AvgIpc) is 2.47. The lowest BCUT2D eigenvalue weighted by molar-refractivity contribution is 0.301. The molecule has 1 aromatic carbocycles. The molecule has 0 saturated carbocycles. The van der Waals surface area contributed by atoms with Crippen LogP contribution in [-0.2, 0) is 10.0 Å². The molecule has 1 fully saturated rings.